The standard InChI is InChI=1S/C16H16ClFN2O/c1-11-2-7-14(10-15(11)18)20-16(21)19-9-8-12-3-5-13(17)6-4-12/h2-7,10H,8-9H2,1H3,(H2,19,20,21). The highest BCUT2D eigenvalue weighted by atomic mass is 35.5. The van der Waals surface area contributed by atoms with Gasteiger partial charge >= 0.3 is 6.03 Å². The summed E-state index contributed by atoms with van der Waals surface area (Å²) in [6.45, 7) is 2.16. The summed E-state index contributed by atoms with van der Waals surface area (Å²) >= 11 is 5.80. The van der Waals surface area contributed by atoms with Crippen LogP contribution in [0, 0.1) is 12.7 Å². The summed E-state index contributed by atoms with van der Waals surface area (Å²) in [7, 11) is 0. The van der Waals surface area contributed by atoms with Gasteiger partial charge < -0.3 is 10.6 Å². The Labute approximate surface area is 128 Å². The summed E-state index contributed by atoms with van der Waals surface area (Å²) in [5.74, 6) is -0.339. The second-order valence-electron chi connectivity index (χ2n) is 4.72. The van der Waals surface area contributed by atoms with Crippen molar-refractivity contribution >= 4 is 23.3 Å². The lowest BCUT2D eigenvalue weighted by Gasteiger charge is -2.08. The second kappa shape index (κ2) is 7.09. The van der Waals surface area contributed by atoms with E-state index in [0.717, 1.165) is 5.56 Å². The highest BCUT2D eigenvalue weighted by Crippen LogP contribution is 2.13. The van der Waals surface area contributed by atoms with E-state index in [-0.39, 0.29) is 11.8 Å². The van der Waals surface area contributed by atoms with Gasteiger partial charge in [-0.15, -0.1) is 0 Å². The van der Waals surface area contributed by atoms with Crippen molar-refractivity contribution in [3.05, 3.63) is 64.4 Å². The SMILES string of the molecule is Cc1ccc(NC(=O)NCCc2ccc(Cl)cc2)cc1F. The maximum atomic E-state index is 13.4. The van der Waals surface area contributed by atoms with Crippen LogP contribution in [0.5, 0.6) is 0 Å². The minimum Gasteiger partial charge on any atom is -0.338 e. The molecule has 0 aliphatic carbocycles. The number of hydrogen-bond donors (Lipinski definition) is 2. The van der Waals surface area contributed by atoms with Crippen LogP contribution >= 0.6 is 11.6 Å². The third kappa shape index (κ3) is 4.76. The van der Waals surface area contributed by atoms with Crippen molar-refractivity contribution in [2.75, 3.05) is 11.9 Å². The van der Waals surface area contributed by atoms with E-state index in [2.05, 4.69) is 10.6 Å². The first-order valence-electron chi connectivity index (χ1n) is 6.60. The Hall–Kier alpha value is -2.07. The van der Waals surface area contributed by atoms with Gasteiger partial charge in [0.25, 0.3) is 0 Å². The summed E-state index contributed by atoms with van der Waals surface area (Å²) in [5, 5.41) is 6.00. The van der Waals surface area contributed by atoms with Crippen LogP contribution in [0.2, 0.25) is 5.02 Å². The molecule has 0 aliphatic heterocycles. The minimum absolute atomic E-state index is 0.339. The lowest BCUT2D eigenvalue weighted by Crippen LogP contribution is -2.30. The Morgan fingerprint density at radius 2 is 1.90 bits per heavy atom. The number of carbonyl (C=O) groups is 1. The number of rotatable bonds is 4. The summed E-state index contributed by atoms with van der Waals surface area (Å²) in [5.41, 5.74) is 2.06. The molecular weight excluding hydrogens is 291 g/mol. The molecule has 5 heteroatoms. The van der Waals surface area contributed by atoms with Crippen LogP contribution in [0.25, 0.3) is 0 Å². The first kappa shape index (κ1) is 15.3. The highest BCUT2D eigenvalue weighted by Gasteiger charge is 2.04. The number of aryl methyl sites for hydroxylation is 1. The van der Waals surface area contributed by atoms with Gasteiger partial charge in [0.2, 0.25) is 0 Å². The third-order valence-electron chi connectivity index (χ3n) is 3.04. The summed E-state index contributed by atoms with van der Waals surface area (Å²) in [6, 6.07) is 11.7. The van der Waals surface area contributed by atoms with Crippen molar-refractivity contribution in [3.8, 4) is 0 Å². The number of carbonyl (C=O) groups excluding carboxylic acids is 1. The zero-order valence-corrected chi connectivity index (χ0v) is 12.4. The fraction of sp³-hybridized carbons (Fsp3) is 0.188. The number of nitrogens with one attached hydrogen (secondary N) is 2. The van der Waals surface area contributed by atoms with Crippen molar-refractivity contribution < 1.29 is 9.18 Å². The van der Waals surface area contributed by atoms with Crippen LogP contribution in [0.15, 0.2) is 42.5 Å². The number of anilines is 1. The maximum absolute atomic E-state index is 13.4. The van der Waals surface area contributed by atoms with E-state index >= 15 is 0 Å². The lowest BCUT2D eigenvalue weighted by molar-refractivity contribution is 0.252. The number of halogens is 2. The predicted octanol–water partition coefficient (Wildman–Crippen LogP) is 4.15. The first-order valence-corrected chi connectivity index (χ1v) is 6.98. The topological polar surface area (TPSA) is 41.1 Å². The van der Waals surface area contributed by atoms with Crippen molar-refractivity contribution in [3.63, 3.8) is 0 Å². The van der Waals surface area contributed by atoms with Gasteiger partial charge in [-0.25, -0.2) is 9.18 Å². The second-order valence-corrected chi connectivity index (χ2v) is 5.16. The molecule has 2 aromatic rings. The van der Waals surface area contributed by atoms with Crippen molar-refractivity contribution in [1.82, 2.24) is 5.32 Å². The van der Waals surface area contributed by atoms with Gasteiger partial charge in [-0.3, -0.25) is 0 Å². The fourth-order valence-corrected chi connectivity index (χ4v) is 1.94. The van der Waals surface area contributed by atoms with Gasteiger partial charge in [0.15, 0.2) is 0 Å². The Bertz CT molecular complexity index is 629. The van der Waals surface area contributed by atoms with Gasteiger partial charge in [0.05, 0.1) is 0 Å². The lowest BCUT2D eigenvalue weighted by atomic mass is 10.1. The molecule has 0 aromatic heterocycles. The summed E-state index contributed by atoms with van der Waals surface area (Å²) in [6.07, 6.45) is 0.701. The Morgan fingerprint density at radius 1 is 1.19 bits per heavy atom. The molecule has 0 aliphatic rings. The average Bonchev–Trinajstić information content (AvgIpc) is 2.45. The first-order chi connectivity index (χ1) is 10.0. The predicted molar refractivity (Wildman–Crippen MR) is 83.3 cm³/mol. The van der Waals surface area contributed by atoms with Crippen molar-refractivity contribution in [1.29, 1.82) is 0 Å². The van der Waals surface area contributed by atoms with Gasteiger partial charge in [0, 0.05) is 17.3 Å². The van der Waals surface area contributed by atoms with Crippen LogP contribution in [-0.2, 0) is 6.42 Å². The Kier molecular flexibility index (Phi) is 5.17. The van der Waals surface area contributed by atoms with Gasteiger partial charge in [-0.05, 0) is 48.7 Å². The molecule has 0 atom stereocenters. The number of urea groups is 1. The molecule has 0 saturated carbocycles. The molecule has 2 aromatic carbocycles. The molecule has 2 N–H and O–H groups in total. The molecule has 110 valence electrons. The summed E-state index contributed by atoms with van der Waals surface area (Å²) < 4.78 is 13.4. The van der Waals surface area contributed by atoms with Crippen LogP contribution in [0.1, 0.15) is 11.1 Å². The van der Waals surface area contributed by atoms with E-state index in [1.165, 1.54) is 6.07 Å². The molecular formula is C16H16ClFN2O. The molecule has 0 unspecified atom stereocenters. The van der Waals surface area contributed by atoms with E-state index < -0.39 is 0 Å². The monoisotopic (exact) mass is 306 g/mol. The fourth-order valence-electron chi connectivity index (χ4n) is 1.82. The molecule has 0 fully saturated rings. The van der Waals surface area contributed by atoms with Crippen molar-refractivity contribution in [2.24, 2.45) is 0 Å². The highest BCUT2D eigenvalue weighted by molar-refractivity contribution is 6.30. The molecule has 3 nitrogen and oxygen atoms in total. The molecule has 0 heterocycles. The zero-order chi connectivity index (χ0) is 15.2. The van der Waals surface area contributed by atoms with Crippen molar-refractivity contribution in [2.45, 2.75) is 13.3 Å². The average molecular weight is 307 g/mol. The Morgan fingerprint density at radius 3 is 2.57 bits per heavy atom. The van der Waals surface area contributed by atoms with Gasteiger partial charge in [-0.2, -0.15) is 0 Å². The largest absolute Gasteiger partial charge is 0.338 e. The summed E-state index contributed by atoms with van der Waals surface area (Å²) in [4.78, 5) is 11.7. The molecule has 2 amide bonds. The van der Waals surface area contributed by atoms with Crippen LogP contribution in [0.4, 0.5) is 14.9 Å². The molecule has 2 rings (SSSR count). The molecule has 21 heavy (non-hydrogen) atoms. The van der Waals surface area contributed by atoms with E-state index in [4.69, 9.17) is 11.6 Å². The molecule has 0 spiro atoms. The van der Waals surface area contributed by atoms with Crippen LogP contribution in [-0.4, -0.2) is 12.6 Å². The van der Waals surface area contributed by atoms with E-state index in [1.54, 1.807) is 19.1 Å². The number of amides is 2. The number of benzene rings is 2. The minimum atomic E-state index is -0.354. The third-order valence-corrected chi connectivity index (χ3v) is 3.29. The molecule has 0 bridgehead atoms. The van der Waals surface area contributed by atoms with Gasteiger partial charge in [0.1, 0.15) is 5.82 Å². The zero-order valence-electron chi connectivity index (χ0n) is 11.6. The smallest absolute Gasteiger partial charge is 0.319 e. The van der Waals surface area contributed by atoms with E-state index in [1.807, 2.05) is 24.3 Å². The van der Waals surface area contributed by atoms with E-state index in [0.29, 0.717) is 29.2 Å². The number of hydrogen-bond acceptors (Lipinski definition) is 1. The quantitative estimate of drug-likeness (QED) is 0.875. The van der Waals surface area contributed by atoms with Crippen LogP contribution < -0.4 is 10.6 Å². The maximum Gasteiger partial charge on any atom is 0.319 e. The molecule has 0 saturated heterocycles. The van der Waals surface area contributed by atoms with Gasteiger partial charge in [-0.1, -0.05) is 29.8 Å². The van der Waals surface area contributed by atoms with E-state index in [9.17, 15) is 9.18 Å². The molecule has 0 radical (unpaired) electrons. The Balaban J connectivity index is 1.79. The van der Waals surface area contributed by atoms with Crippen LogP contribution in [0.3, 0.4) is 0 Å². The normalized spacial score (nSPS) is 10.2.